The molecule has 5 nitrogen and oxygen atoms in total. The van der Waals surface area contributed by atoms with E-state index >= 15 is 0 Å². The van der Waals surface area contributed by atoms with Crippen LogP contribution in [0.2, 0.25) is 0 Å². The van der Waals surface area contributed by atoms with E-state index in [-0.39, 0.29) is 0 Å². The maximum Gasteiger partial charge on any atom is 0.311 e. The van der Waals surface area contributed by atoms with Crippen LogP contribution >= 0.6 is 0 Å². The highest BCUT2D eigenvalue weighted by atomic mass is 16.4. The molecule has 1 atom stereocenters. The number of hydrogen-bond acceptors (Lipinski definition) is 4. The van der Waals surface area contributed by atoms with Crippen molar-refractivity contribution >= 4 is 22.8 Å². The fourth-order valence-corrected chi connectivity index (χ4v) is 1.89. The SMILES string of the molecule is CCC(C)(CNc1nc2ccccc2nc1C)C(=O)O. The first-order valence-electron chi connectivity index (χ1n) is 6.67. The van der Waals surface area contributed by atoms with Crippen LogP contribution in [0.4, 0.5) is 5.82 Å². The summed E-state index contributed by atoms with van der Waals surface area (Å²) in [5.41, 5.74) is 1.61. The monoisotopic (exact) mass is 273 g/mol. The van der Waals surface area contributed by atoms with Gasteiger partial charge in [0.2, 0.25) is 0 Å². The normalized spacial score (nSPS) is 13.9. The smallest absolute Gasteiger partial charge is 0.311 e. The molecule has 0 saturated heterocycles. The maximum atomic E-state index is 11.3. The summed E-state index contributed by atoms with van der Waals surface area (Å²) in [4.78, 5) is 20.3. The number of aromatic nitrogens is 2. The van der Waals surface area contributed by atoms with Crippen LogP contribution in [-0.4, -0.2) is 27.6 Å². The van der Waals surface area contributed by atoms with E-state index in [9.17, 15) is 9.90 Å². The summed E-state index contributed by atoms with van der Waals surface area (Å²) in [6.45, 7) is 5.79. The molecule has 0 fully saturated rings. The zero-order valence-corrected chi connectivity index (χ0v) is 12.0. The van der Waals surface area contributed by atoms with Crippen LogP contribution in [0, 0.1) is 12.3 Å². The average Bonchev–Trinajstić information content (AvgIpc) is 2.44. The van der Waals surface area contributed by atoms with E-state index < -0.39 is 11.4 Å². The molecule has 1 aromatic heterocycles. The summed E-state index contributed by atoms with van der Waals surface area (Å²) in [6.07, 6.45) is 0.551. The fraction of sp³-hybridized carbons (Fsp3) is 0.400. The number of carbonyl (C=O) groups is 1. The van der Waals surface area contributed by atoms with Crippen LogP contribution in [0.25, 0.3) is 11.0 Å². The highest BCUT2D eigenvalue weighted by molar-refractivity contribution is 5.77. The molecule has 1 heterocycles. The number of aliphatic carboxylic acids is 1. The molecule has 1 aromatic carbocycles. The lowest BCUT2D eigenvalue weighted by Gasteiger charge is -2.23. The summed E-state index contributed by atoms with van der Waals surface area (Å²) in [5, 5.41) is 12.4. The Hall–Kier alpha value is -2.17. The summed E-state index contributed by atoms with van der Waals surface area (Å²) in [7, 11) is 0. The predicted molar refractivity (Wildman–Crippen MR) is 78.8 cm³/mol. The van der Waals surface area contributed by atoms with Crippen LogP contribution in [0.5, 0.6) is 0 Å². The Bertz CT molecular complexity index is 642. The minimum absolute atomic E-state index is 0.326. The zero-order valence-electron chi connectivity index (χ0n) is 12.0. The number of aryl methyl sites for hydroxylation is 1. The summed E-state index contributed by atoms with van der Waals surface area (Å²) in [5.74, 6) is -0.163. The number of rotatable bonds is 5. The molecule has 0 aliphatic carbocycles. The van der Waals surface area contributed by atoms with E-state index in [1.807, 2.05) is 38.1 Å². The molecule has 2 N–H and O–H groups in total. The molecule has 0 amide bonds. The van der Waals surface area contributed by atoms with Crippen molar-refractivity contribution in [2.45, 2.75) is 27.2 Å². The topological polar surface area (TPSA) is 75.1 Å². The molecule has 2 rings (SSSR count). The Morgan fingerprint density at radius 2 is 1.90 bits per heavy atom. The third-order valence-corrected chi connectivity index (χ3v) is 3.69. The second-order valence-corrected chi connectivity index (χ2v) is 5.22. The number of benzene rings is 1. The van der Waals surface area contributed by atoms with Crippen molar-refractivity contribution in [3.8, 4) is 0 Å². The van der Waals surface area contributed by atoms with Gasteiger partial charge in [-0.05, 0) is 32.4 Å². The first kappa shape index (κ1) is 14.2. The Balaban J connectivity index is 2.25. The van der Waals surface area contributed by atoms with Gasteiger partial charge in [0.15, 0.2) is 0 Å². The third-order valence-electron chi connectivity index (χ3n) is 3.69. The summed E-state index contributed by atoms with van der Waals surface area (Å²) < 4.78 is 0. The van der Waals surface area contributed by atoms with Crippen molar-refractivity contribution in [2.24, 2.45) is 5.41 Å². The molecule has 1 unspecified atom stereocenters. The highest BCUT2D eigenvalue weighted by Gasteiger charge is 2.31. The molecule has 0 radical (unpaired) electrons. The van der Waals surface area contributed by atoms with Gasteiger partial charge >= 0.3 is 5.97 Å². The van der Waals surface area contributed by atoms with Gasteiger partial charge in [0, 0.05) is 6.54 Å². The van der Waals surface area contributed by atoms with E-state index in [1.165, 1.54) is 0 Å². The minimum Gasteiger partial charge on any atom is -0.481 e. The van der Waals surface area contributed by atoms with Crippen molar-refractivity contribution in [1.29, 1.82) is 0 Å². The van der Waals surface area contributed by atoms with E-state index in [2.05, 4.69) is 15.3 Å². The minimum atomic E-state index is -0.807. The Morgan fingerprint density at radius 1 is 1.30 bits per heavy atom. The van der Waals surface area contributed by atoms with Crippen molar-refractivity contribution in [3.63, 3.8) is 0 Å². The molecular weight excluding hydrogens is 254 g/mol. The first-order valence-corrected chi connectivity index (χ1v) is 6.67. The number of anilines is 1. The largest absolute Gasteiger partial charge is 0.481 e. The van der Waals surface area contributed by atoms with Gasteiger partial charge < -0.3 is 10.4 Å². The Kier molecular flexibility index (Phi) is 3.88. The van der Waals surface area contributed by atoms with Gasteiger partial charge in [-0.3, -0.25) is 4.79 Å². The first-order chi connectivity index (χ1) is 9.46. The van der Waals surface area contributed by atoms with Crippen molar-refractivity contribution in [2.75, 3.05) is 11.9 Å². The Morgan fingerprint density at radius 3 is 2.45 bits per heavy atom. The number of carboxylic acid groups (broad SMARTS) is 1. The predicted octanol–water partition coefficient (Wildman–Crippen LogP) is 2.85. The van der Waals surface area contributed by atoms with Gasteiger partial charge in [-0.15, -0.1) is 0 Å². The lowest BCUT2D eigenvalue weighted by atomic mass is 9.88. The molecule has 106 valence electrons. The van der Waals surface area contributed by atoms with E-state index in [4.69, 9.17) is 0 Å². The van der Waals surface area contributed by atoms with Gasteiger partial charge in [-0.25, -0.2) is 9.97 Å². The zero-order chi connectivity index (χ0) is 14.8. The highest BCUT2D eigenvalue weighted by Crippen LogP contribution is 2.23. The molecule has 0 aliphatic rings. The van der Waals surface area contributed by atoms with E-state index in [0.29, 0.717) is 18.8 Å². The molecule has 0 saturated carbocycles. The number of hydrogen-bond donors (Lipinski definition) is 2. The summed E-state index contributed by atoms with van der Waals surface area (Å²) in [6, 6.07) is 7.63. The lowest BCUT2D eigenvalue weighted by Crippen LogP contribution is -2.34. The number of fused-ring (bicyclic) bond motifs is 1. The second kappa shape index (κ2) is 5.45. The quantitative estimate of drug-likeness (QED) is 0.876. The van der Waals surface area contributed by atoms with Crippen LogP contribution < -0.4 is 5.32 Å². The van der Waals surface area contributed by atoms with Crippen molar-refractivity contribution < 1.29 is 9.90 Å². The van der Waals surface area contributed by atoms with Crippen LogP contribution in [-0.2, 0) is 4.79 Å². The van der Waals surface area contributed by atoms with Gasteiger partial charge in [0.05, 0.1) is 22.1 Å². The Labute approximate surface area is 118 Å². The molecule has 20 heavy (non-hydrogen) atoms. The van der Waals surface area contributed by atoms with Gasteiger partial charge in [0.1, 0.15) is 5.82 Å². The number of para-hydroxylation sites is 2. The molecule has 5 heteroatoms. The van der Waals surface area contributed by atoms with Crippen molar-refractivity contribution in [3.05, 3.63) is 30.0 Å². The lowest BCUT2D eigenvalue weighted by molar-refractivity contribution is -0.147. The van der Waals surface area contributed by atoms with Crippen LogP contribution in [0.1, 0.15) is 26.0 Å². The second-order valence-electron chi connectivity index (χ2n) is 5.22. The molecule has 0 aliphatic heterocycles. The van der Waals surface area contributed by atoms with Gasteiger partial charge in [-0.1, -0.05) is 19.1 Å². The van der Waals surface area contributed by atoms with E-state index in [0.717, 1.165) is 16.7 Å². The third kappa shape index (κ3) is 2.71. The molecule has 0 spiro atoms. The fourth-order valence-electron chi connectivity index (χ4n) is 1.89. The van der Waals surface area contributed by atoms with Crippen LogP contribution in [0.3, 0.4) is 0 Å². The summed E-state index contributed by atoms with van der Waals surface area (Å²) >= 11 is 0. The average molecular weight is 273 g/mol. The number of carboxylic acids is 1. The van der Waals surface area contributed by atoms with Crippen molar-refractivity contribution in [1.82, 2.24) is 9.97 Å². The van der Waals surface area contributed by atoms with Gasteiger partial charge in [0.25, 0.3) is 0 Å². The molecular formula is C15H19N3O2. The van der Waals surface area contributed by atoms with Gasteiger partial charge in [-0.2, -0.15) is 0 Å². The molecule has 2 aromatic rings. The van der Waals surface area contributed by atoms with Crippen LogP contribution in [0.15, 0.2) is 24.3 Å². The number of nitrogens with one attached hydrogen (secondary N) is 1. The number of nitrogens with zero attached hydrogens (tertiary/aromatic N) is 2. The standard InChI is InChI=1S/C15H19N3O2/c1-4-15(3,14(19)20)9-16-13-10(2)17-11-7-5-6-8-12(11)18-13/h5-8H,4,9H2,1-3H3,(H,16,18)(H,19,20). The maximum absolute atomic E-state index is 11.3. The van der Waals surface area contributed by atoms with E-state index in [1.54, 1.807) is 6.92 Å². The molecule has 0 bridgehead atoms.